The highest BCUT2D eigenvalue weighted by Crippen LogP contribution is 2.40. The summed E-state index contributed by atoms with van der Waals surface area (Å²) < 4.78 is 12.1. The van der Waals surface area contributed by atoms with E-state index in [0.29, 0.717) is 37.0 Å². The summed E-state index contributed by atoms with van der Waals surface area (Å²) in [6, 6.07) is 7.78. The minimum Gasteiger partial charge on any atom is -0.507 e. The van der Waals surface area contributed by atoms with Gasteiger partial charge in [-0.1, -0.05) is 145 Å². The SMILES string of the molecule is CCCCCCCCCOc1cc(/C=C/C(=O)NCCCc2cc(C(C)(C)C)c(O)c(C(C)(C)C)c2)cc(OCCCCCCCCC)c1O. The van der Waals surface area contributed by atoms with Crippen molar-refractivity contribution in [2.75, 3.05) is 19.8 Å². The monoisotopic (exact) mass is 694 g/mol. The molecule has 6 nitrogen and oxygen atoms in total. The number of rotatable bonds is 24. The molecule has 2 rings (SSSR count). The maximum absolute atomic E-state index is 12.8. The summed E-state index contributed by atoms with van der Waals surface area (Å²) in [5, 5.41) is 25.0. The van der Waals surface area contributed by atoms with E-state index in [2.05, 4.69) is 72.8 Å². The number of ether oxygens (including phenoxy) is 2. The summed E-state index contributed by atoms with van der Waals surface area (Å²) in [7, 11) is 0. The standard InChI is InChI=1S/C44H71NO5/c1-9-11-13-15-17-19-21-28-49-38-32-35(33-39(42(38)48)50-29-22-20-18-16-14-12-10-2)25-26-40(46)45-27-23-24-34-30-36(43(3,4)5)41(47)37(31-34)44(6,7)8/h25-26,30-33,47-48H,9-24,27-29H2,1-8H3,(H,45,46)/b26-25+. The van der Waals surface area contributed by atoms with E-state index in [4.69, 9.17) is 9.47 Å². The van der Waals surface area contributed by atoms with Gasteiger partial charge in [-0.2, -0.15) is 0 Å². The maximum Gasteiger partial charge on any atom is 0.243 e. The molecule has 0 aromatic heterocycles. The van der Waals surface area contributed by atoms with E-state index in [0.717, 1.165) is 55.2 Å². The molecule has 0 unspecified atom stereocenters. The summed E-state index contributed by atoms with van der Waals surface area (Å²) in [5.41, 5.74) is 3.47. The first-order chi connectivity index (χ1) is 23.8. The fraction of sp³-hybridized carbons (Fsp3) is 0.659. The second-order valence-corrected chi connectivity index (χ2v) is 16.1. The lowest BCUT2D eigenvalue weighted by molar-refractivity contribution is -0.116. The van der Waals surface area contributed by atoms with Gasteiger partial charge in [-0.25, -0.2) is 0 Å². The van der Waals surface area contributed by atoms with Gasteiger partial charge in [0.2, 0.25) is 11.7 Å². The summed E-state index contributed by atoms with van der Waals surface area (Å²) in [6.07, 6.45) is 21.5. The molecule has 2 aromatic rings. The number of aryl methyl sites for hydroxylation is 1. The molecule has 0 atom stereocenters. The van der Waals surface area contributed by atoms with Crippen molar-refractivity contribution in [3.05, 3.63) is 52.6 Å². The average molecular weight is 694 g/mol. The third kappa shape index (κ3) is 16.2. The van der Waals surface area contributed by atoms with E-state index >= 15 is 0 Å². The molecule has 6 heteroatoms. The normalized spacial score (nSPS) is 12.1. The first kappa shape index (κ1) is 43.0. The number of phenols is 2. The molecule has 0 bridgehead atoms. The predicted octanol–water partition coefficient (Wildman–Crippen LogP) is 11.7. The smallest absolute Gasteiger partial charge is 0.243 e. The largest absolute Gasteiger partial charge is 0.507 e. The van der Waals surface area contributed by atoms with Crippen LogP contribution in [0.5, 0.6) is 23.0 Å². The highest BCUT2D eigenvalue weighted by atomic mass is 16.5. The number of carbonyl (C=O) groups is 1. The molecule has 1 amide bonds. The van der Waals surface area contributed by atoms with Crippen LogP contribution in [0.1, 0.15) is 174 Å². The Hall–Kier alpha value is -3.15. The third-order valence-electron chi connectivity index (χ3n) is 9.23. The van der Waals surface area contributed by atoms with E-state index in [9.17, 15) is 15.0 Å². The minimum absolute atomic E-state index is 0.0240. The molecule has 0 spiro atoms. The van der Waals surface area contributed by atoms with Crippen LogP contribution in [0.2, 0.25) is 0 Å². The number of benzene rings is 2. The average Bonchev–Trinajstić information content (AvgIpc) is 3.05. The molecule has 0 radical (unpaired) electrons. The Balaban J connectivity index is 2.01. The number of carbonyl (C=O) groups excluding carboxylic acids is 1. The van der Waals surface area contributed by atoms with Gasteiger partial charge < -0.3 is 25.0 Å². The summed E-state index contributed by atoms with van der Waals surface area (Å²) in [5.74, 6) is 1.03. The third-order valence-corrected chi connectivity index (χ3v) is 9.23. The van der Waals surface area contributed by atoms with Crippen LogP contribution in [-0.4, -0.2) is 35.9 Å². The fourth-order valence-electron chi connectivity index (χ4n) is 6.12. The van der Waals surface area contributed by atoms with E-state index < -0.39 is 0 Å². The van der Waals surface area contributed by atoms with E-state index in [-0.39, 0.29) is 22.5 Å². The van der Waals surface area contributed by atoms with Crippen molar-refractivity contribution in [1.29, 1.82) is 0 Å². The number of unbranched alkanes of at least 4 members (excludes halogenated alkanes) is 12. The number of phenolic OH excluding ortho intramolecular Hbond substituents is 2. The van der Waals surface area contributed by atoms with Gasteiger partial charge in [0.15, 0.2) is 11.5 Å². The number of amides is 1. The molecule has 3 N–H and O–H groups in total. The lowest BCUT2D eigenvalue weighted by Crippen LogP contribution is -2.22. The first-order valence-corrected chi connectivity index (χ1v) is 19.7. The summed E-state index contributed by atoms with van der Waals surface area (Å²) >= 11 is 0. The minimum atomic E-state index is -0.176. The van der Waals surface area contributed by atoms with Crippen LogP contribution in [0.15, 0.2) is 30.3 Å². The molecule has 0 aliphatic carbocycles. The number of nitrogens with one attached hydrogen (secondary N) is 1. The zero-order valence-corrected chi connectivity index (χ0v) is 33.0. The van der Waals surface area contributed by atoms with Crippen molar-refractivity contribution in [3.8, 4) is 23.0 Å². The molecule has 50 heavy (non-hydrogen) atoms. The van der Waals surface area contributed by atoms with Crippen molar-refractivity contribution in [3.63, 3.8) is 0 Å². The molecule has 2 aromatic carbocycles. The summed E-state index contributed by atoms with van der Waals surface area (Å²) in [6.45, 7) is 18.8. The molecule has 0 saturated heterocycles. The molecular weight excluding hydrogens is 622 g/mol. The van der Waals surface area contributed by atoms with Crippen LogP contribution >= 0.6 is 0 Å². The Morgan fingerprint density at radius 3 is 1.52 bits per heavy atom. The zero-order valence-electron chi connectivity index (χ0n) is 33.0. The maximum atomic E-state index is 12.8. The highest BCUT2D eigenvalue weighted by Gasteiger charge is 2.26. The fourth-order valence-corrected chi connectivity index (χ4v) is 6.12. The molecule has 0 aliphatic rings. The van der Waals surface area contributed by atoms with Crippen molar-refractivity contribution in [1.82, 2.24) is 5.32 Å². The van der Waals surface area contributed by atoms with Gasteiger partial charge in [0.25, 0.3) is 0 Å². The molecule has 282 valence electrons. The predicted molar refractivity (Wildman–Crippen MR) is 211 cm³/mol. The van der Waals surface area contributed by atoms with Gasteiger partial charge in [0.1, 0.15) is 5.75 Å². The van der Waals surface area contributed by atoms with Crippen molar-refractivity contribution < 1.29 is 24.5 Å². The Bertz CT molecular complexity index is 1220. The van der Waals surface area contributed by atoms with Crippen LogP contribution in [0.25, 0.3) is 6.08 Å². The van der Waals surface area contributed by atoms with E-state index in [1.165, 1.54) is 75.8 Å². The second kappa shape index (κ2) is 22.6. The second-order valence-electron chi connectivity index (χ2n) is 16.1. The topological polar surface area (TPSA) is 88.0 Å². The van der Waals surface area contributed by atoms with Crippen LogP contribution < -0.4 is 14.8 Å². The molecule has 0 heterocycles. The lowest BCUT2D eigenvalue weighted by atomic mass is 9.78. The Morgan fingerprint density at radius 1 is 0.640 bits per heavy atom. The van der Waals surface area contributed by atoms with Gasteiger partial charge in [0.05, 0.1) is 13.2 Å². The van der Waals surface area contributed by atoms with Crippen LogP contribution in [-0.2, 0) is 22.0 Å². The van der Waals surface area contributed by atoms with Crippen molar-refractivity contribution in [2.45, 2.75) is 169 Å². The number of aromatic hydroxyl groups is 2. The summed E-state index contributed by atoms with van der Waals surface area (Å²) in [4.78, 5) is 12.8. The van der Waals surface area contributed by atoms with Gasteiger partial charge >= 0.3 is 0 Å². The molecule has 0 saturated carbocycles. The molecular formula is C44H71NO5. The van der Waals surface area contributed by atoms with E-state index in [1.54, 1.807) is 18.2 Å². The van der Waals surface area contributed by atoms with Crippen LogP contribution in [0.4, 0.5) is 0 Å². The quantitative estimate of drug-likeness (QED) is 0.0752. The van der Waals surface area contributed by atoms with Crippen LogP contribution in [0, 0.1) is 0 Å². The number of hydrogen-bond donors (Lipinski definition) is 3. The van der Waals surface area contributed by atoms with Crippen LogP contribution in [0.3, 0.4) is 0 Å². The van der Waals surface area contributed by atoms with Crippen molar-refractivity contribution in [2.24, 2.45) is 0 Å². The zero-order chi connectivity index (χ0) is 37.0. The van der Waals surface area contributed by atoms with Crippen molar-refractivity contribution >= 4 is 12.0 Å². The molecule has 0 fully saturated rings. The van der Waals surface area contributed by atoms with Gasteiger partial charge in [0, 0.05) is 12.6 Å². The van der Waals surface area contributed by atoms with E-state index in [1.807, 2.05) is 0 Å². The first-order valence-electron chi connectivity index (χ1n) is 19.7. The highest BCUT2D eigenvalue weighted by molar-refractivity contribution is 5.91. The lowest BCUT2D eigenvalue weighted by Gasteiger charge is -2.28. The Morgan fingerprint density at radius 2 is 1.08 bits per heavy atom. The number of hydrogen-bond acceptors (Lipinski definition) is 5. The van der Waals surface area contributed by atoms with Gasteiger partial charge in [-0.15, -0.1) is 0 Å². The Labute approximate surface area is 305 Å². The van der Waals surface area contributed by atoms with Gasteiger partial charge in [-0.05, 0) is 77.0 Å². The van der Waals surface area contributed by atoms with Gasteiger partial charge in [-0.3, -0.25) is 4.79 Å². The molecule has 0 aliphatic heterocycles. The Kier molecular flexibility index (Phi) is 19.5.